The molecule has 2 rings (SSSR count). The SMILES string of the molecule is CCC1(CC)CC(=O)c2cc(OC=O)ccc2O1. The molecule has 1 aliphatic heterocycles. The summed E-state index contributed by atoms with van der Waals surface area (Å²) in [6.45, 7) is 4.38. The summed E-state index contributed by atoms with van der Waals surface area (Å²) in [5.41, 5.74) is 0.101. The summed E-state index contributed by atoms with van der Waals surface area (Å²) < 4.78 is 10.7. The van der Waals surface area contributed by atoms with E-state index < -0.39 is 5.60 Å². The minimum absolute atomic E-state index is 0.0382. The zero-order valence-electron chi connectivity index (χ0n) is 10.6. The highest BCUT2D eigenvalue weighted by Crippen LogP contribution is 2.38. The molecule has 0 aliphatic carbocycles. The van der Waals surface area contributed by atoms with E-state index in [1.165, 1.54) is 0 Å². The molecule has 1 aliphatic rings. The van der Waals surface area contributed by atoms with E-state index >= 15 is 0 Å². The van der Waals surface area contributed by atoms with Crippen LogP contribution in [-0.4, -0.2) is 17.9 Å². The Morgan fingerprint density at radius 3 is 2.72 bits per heavy atom. The molecule has 0 aromatic heterocycles. The minimum Gasteiger partial charge on any atom is -0.486 e. The molecule has 0 radical (unpaired) electrons. The van der Waals surface area contributed by atoms with Gasteiger partial charge in [0.25, 0.3) is 6.47 Å². The first-order valence-electron chi connectivity index (χ1n) is 6.10. The third kappa shape index (κ3) is 2.10. The largest absolute Gasteiger partial charge is 0.486 e. The van der Waals surface area contributed by atoms with Crippen LogP contribution >= 0.6 is 0 Å². The van der Waals surface area contributed by atoms with Crippen molar-refractivity contribution in [3.05, 3.63) is 23.8 Å². The average Bonchev–Trinajstić information content (AvgIpc) is 2.39. The first kappa shape index (κ1) is 12.6. The fourth-order valence-electron chi connectivity index (χ4n) is 2.25. The lowest BCUT2D eigenvalue weighted by Crippen LogP contribution is -2.40. The Morgan fingerprint density at radius 1 is 1.39 bits per heavy atom. The van der Waals surface area contributed by atoms with Crippen molar-refractivity contribution in [1.82, 2.24) is 0 Å². The molecule has 1 aromatic carbocycles. The molecular weight excluding hydrogens is 232 g/mol. The Kier molecular flexibility index (Phi) is 3.36. The Morgan fingerprint density at radius 2 is 2.11 bits per heavy atom. The molecule has 4 nitrogen and oxygen atoms in total. The van der Waals surface area contributed by atoms with Gasteiger partial charge in [-0.05, 0) is 31.0 Å². The normalized spacial score (nSPS) is 16.7. The molecule has 1 heterocycles. The molecule has 0 bridgehead atoms. The van der Waals surface area contributed by atoms with Crippen LogP contribution in [0, 0.1) is 0 Å². The molecule has 0 N–H and O–H groups in total. The molecule has 0 spiro atoms. The summed E-state index contributed by atoms with van der Waals surface area (Å²) in [6, 6.07) is 4.87. The second-order valence-corrected chi connectivity index (χ2v) is 4.46. The second-order valence-electron chi connectivity index (χ2n) is 4.46. The fraction of sp³-hybridized carbons (Fsp3) is 0.429. The van der Waals surface area contributed by atoms with Gasteiger partial charge >= 0.3 is 0 Å². The Hall–Kier alpha value is -1.84. The van der Waals surface area contributed by atoms with Crippen LogP contribution in [0.4, 0.5) is 0 Å². The van der Waals surface area contributed by atoms with Gasteiger partial charge in [-0.1, -0.05) is 13.8 Å². The van der Waals surface area contributed by atoms with Gasteiger partial charge in [-0.25, -0.2) is 0 Å². The van der Waals surface area contributed by atoms with Gasteiger partial charge in [-0.15, -0.1) is 0 Å². The summed E-state index contributed by atoms with van der Waals surface area (Å²) in [5, 5.41) is 0. The number of hydrogen-bond donors (Lipinski definition) is 0. The Labute approximate surface area is 106 Å². The maximum Gasteiger partial charge on any atom is 0.298 e. The maximum absolute atomic E-state index is 12.2. The smallest absolute Gasteiger partial charge is 0.298 e. The van der Waals surface area contributed by atoms with Crippen LogP contribution in [0.2, 0.25) is 0 Å². The summed E-state index contributed by atoms with van der Waals surface area (Å²) in [4.78, 5) is 22.4. The number of Topliss-reactive ketones (excluding diaryl/α,β-unsaturated/α-hetero) is 1. The summed E-state index contributed by atoms with van der Waals surface area (Å²) in [5.74, 6) is 0.977. The van der Waals surface area contributed by atoms with E-state index in [0.29, 0.717) is 30.0 Å². The van der Waals surface area contributed by atoms with Crippen LogP contribution in [0.1, 0.15) is 43.5 Å². The Bertz CT molecular complexity index is 475. The molecular formula is C14H16O4. The summed E-state index contributed by atoms with van der Waals surface area (Å²) in [7, 11) is 0. The Balaban J connectivity index is 2.38. The van der Waals surface area contributed by atoms with Crippen LogP contribution in [0.25, 0.3) is 0 Å². The number of ether oxygens (including phenoxy) is 2. The van der Waals surface area contributed by atoms with E-state index in [0.717, 1.165) is 12.8 Å². The number of ketones is 1. The van der Waals surface area contributed by atoms with Gasteiger partial charge in [-0.3, -0.25) is 9.59 Å². The standard InChI is InChI=1S/C14H16O4/c1-3-14(4-2)8-12(16)11-7-10(17-9-15)5-6-13(11)18-14/h5-7,9H,3-4,8H2,1-2H3. The van der Waals surface area contributed by atoms with Crippen molar-refractivity contribution in [2.45, 2.75) is 38.7 Å². The number of hydrogen-bond acceptors (Lipinski definition) is 4. The number of carbonyl (C=O) groups is 2. The van der Waals surface area contributed by atoms with Crippen molar-refractivity contribution < 1.29 is 19.1 Å². The van der Waals surface area contributed by atoms with Gasteiger partial charge in [0.05, 0.1) is 12.0 Å². The third-order valence-corrected chi connectivity index (χ3v) is 3.53. The van der Waals surface area contributed by atoms with Gasteiger partial charge in [0.15, 0.2) is 5.78 Å². The first-order chi connectivity index (χ1) is 8.64. The van der Waals surface area contributed by atoms with Crippen molar-refractivity contribution >= 4 is 12.3 Å². The van der Waals surface area contributed by atoms with Gasteiger partial charge in [-0.2, -0.15) is 0 Å². The number of fused-ring (bicyclic) bond motifs is 1. The number of benzene rings is 1. The zero-order chi connectivity index (χ0) is 13.2. The quantitative estimate of drug-likeness (QED) is 0.769. The van der Waals surface area contributed by atoms with Gasteiger partial charge < -0.3 is 9.47 Å². The van der Waals surface area contributed by atoms with Crippen molar-refractivity contribution in [1.29, 1.82) is 0 Å². The second kappa shape index (κ2) is 4.80. The van der Waals surface area contributed by atoms with E-state index in [9.17, 15) is 9.59 Å². The van der Waals surface area contributed by atoms with Crippen molar-refractivity contribution in [3.8, 4) is 11.5 Å². The van der Waals surface area contributed by atoms with Crippen LogP contribution in [-0.2, 0) is 4.79 Å². The van der Waals surface area contributed by atoms with Gasteiger partial charge in [0.2, 0.25) is 0 Å². The number of carbonyl (C=O) groups excluding carboxylic acids is 2. The topological polar surface area (TPSA) is 52.6 Å². The van der Waals surface area contributed by atoms with Crippen LogP contribution in [0.3, 0.4) is 0 Å². The molecule has 1 aromatic rings. The molecule has 0 unspecified atom stereocenters. The zero-order valence-corrected chi connectivity index (χ0v) is 10.6. The monoisotopic (exact) mass is 248 g/mol. The highest BCUT2D eigenvalue weighted by atomic mass is 16.5. The third-order valence-electron chi connectivity index (χ3n) is 3.53. The predicted molar refractivity (Wildman–Crippen MR) is 66.0 cm³/mol. The predicted octanol–water partition coefficient (Wildman–Crippen LogP) is 2.75. The summed E-state index contributed by atoms with van der Waals surface area (Å²) in [6.07, 6.45) is 1.96. The summed E-state index contributed by atoms with van der Waals surface area (Å²) >= 11 is 0. The minimum atomic E-state index is -0.392. The van der Waals surface area contributed by atoms with Gasteiger partial charge in [0, 0.05) is 0 Å². The van der Waals surface area contributed by atoms with Crippen molar-refractivity contribution in [3.63, 3.8) is 0 Å². The molecule has 0 amide bonds. The fourth-order valence-corrected chi connectivity index (χ4v) is 2.25. The highest BCUT2D eigenvalue weighted by Gasteiger charge is 2.37. The van der Waals surface area contributed by atoms with E-state index in [4.69, 9.17) is 9.47 Å². The van der Waals surface area contributed by atoms with E-state index in [1.807, 2.05) is 13.8 Å². The molecule has 4 heteroatoms. The first-order valence-corrected chi connectivity index (χ1v) is 6.10. The lowest BCUT2D eigenvalue weighted by molar-refractivity contribution is -0.120. The molecule has 0 saturated carbocycles. The highest BCUT2D eigenvalue weighted by molar-refractivity contribution is 6.00. The lowest BCUT2D eigenvalue weighted by atomic mass is 9.86. The van der Waals surface area contributed by atoms with Crippen LogP contribution in [0.5, 0.6) is 11.5 Å². The van der Waals surface area contributed by atoms with E-state index in [1.54, 1.807) is 18.2 Å². The van der Waals surface area contributed by atoms with Gasteiger partial charge in [0.1, 0.15) is 17.1 Å². The van der Waals surface area contributed by atoms with E-state index in [2.05, 4.69) is 0 Å². The lowest BCUT2D eigenvalue weighted by Gasteiger charge is -2.36. The average molecular weight is 248 g/mol. The molecule has 0 saturated heterocycles. The van der Waals surface area contributed by atoms with Crippen molar-refractivity contribution in [2.75, 3.05) is 0 Å². The van der Waals surface area contributed by atoms with Crippen molar-refractivity contribution in [2.24, 2.45) is 0 Å². The molecule has 0 atom stereocenters. The maximum atomic E-state index is 12.2. The molecule has 18 heavy (non-hydrogen) atoms. The molecule has 96 valence electrons. The van der Waals surface area contributed by atoms with Crippen LogP contribution < -0.4 is 9.47 Å². The van der Waals surface area contributed by atoms with Crippen LogP contribution in [0.15, 0.2) is 18.2 Å². The number of rotatable bonds is 4. The van der Waals surface area contributed by atoms with E-state index in [-0.39, 0.29) is 5.78 Å². The molecule has 0 fully saturated rings.